The first-order valence-electron chi connectivity index (χ1n) is 5.29. The summed E-state index contributed by atoms with van der Waals surface area (Å²) in [6.45, 7) is -0.175. The molecule has 1 aromatic rings. The van der Waals surface area contributed by atoms with Gasteiger partial charge < -0.3 is 9.47 Å². The van der Waals surface area contributed by atoms with Gasteiger partial charge in [-0.3, -0.25) is 0 Å². The van der Waals surface area contributed by atoms with Crippen LogP contribution in [0, 0.1) is 0 Å². The molecule has 0 aliphatic carbocycles. The molecule has 0 atom stereocenters. The number of benzene rings is 1. The Balaban J connectivity index is 2.74. The molecule has 0 aliphatic rings. The number of esters is 1. The molecule has 0 heterocycles. The quantitative estimate of drug-likeness (QED) is 0.487. The Morgan fingerprint density at radius 1 is 1.30 bits per heavy atom. The summed E-state index contributed by atoms with van der Waals surface area (Å²) >= 11 is 4.66. The number of hydrogen-bond donors (Lipinski definition) is 0. The van der Waals surface area contributed by atoms with Crippen LogP contribution in [-0.2, 0) is 20.9 Å². The fourth-order valence-electron chi connectivity index (χ4n) is 1.16. The molecule has 1 rings (SSSR count). The van der Waals surface area contributed by atoms with E-state index in [0.717, 1.165) is 7.11 Å². The number of carbonyl (C=O) groups is 2. The SMILES string of the molecule is COC(=O)/C(=N\C(=O)OCc1ccccc1)C(F)(F)Cl. The Morgan fingerprint density at radius 3 is 2.40 bits per heavy atom. The summed E-state index contributed by atoms with van der Waals surface area (Å²) in [6.07, 6.45) is -1.37. The van der Waals surface area contributed by atoms with E-state index >= 15 is 0 Å². The molecule has 0 bridgehead atoms. The molecule has 0 aromatic heterocycles. The van der Waals surface area contributed by atoms with E-state index in [9.17, 15) is 18.4 Å². The van der Waals surface area contributed by atoms with Gasteiger partial charge in [0, 0.05) is 0 Å². The number of aliphatic imine (C=N–C) groups is 1. The normalized spacial score (nSPS) is 11.9. The minimum absolute atomic E-state index is 0.175. The van der Waals surface area contributed by atoms with Gasteiger partial charge in [-0.15, -0.1) is 0 Å². The molecule has 1 aromatic carbocycles. The van der Waals surface area contributed by atoms with Crippen LogP contribution in [0.3, 0.4) is 0 Å². The average Bonchev–Trinajstić information content (AvgIpc) is 2.41. The number of rotatable bonds is 4. The van der Waals surface area contributed by atoms with Gasteiger partial charge in [0.25, 0.3) is 0 Å². The average molecular weight is 306 g/mol. The standard InChI is InChI=1S/C12H10ClF2NO4/c1-19-10(17)9(12(13,14)15)16-11(18)20-7-8-5-3-2-4-6-8/h2-6H,7H2,1H3/b16-9+. The molecule has 108 valence electrons. The fraction of sp³-hybridized carbons (Fsp3) is 0.250. The van der Waals surface area contributed by atoms with E-state index < -0.39 is 23.2 Å². The number of amides is 1. The van der Waals surface area contributed by atoms with E-state index in [1.54, 1.807) is 30.3 Å². The number of alkyl halides is 3. The van der Waals surface area contributed by atoms with Gasteiger partial charge in [0.1, 0.15) is 6.61 Å². The summed E-state index contributed by atoms with van der Waals surface area (Å²) in [4.78, 5) is 25.2. The van der Waals surface area contributed by atoms with Gasteiger partial charge in [-0.2, -0.15) is 13.8 Å². The zero-order chi connectivity index (χ0) is 15.2. The first-order valence-corrected chi connectivity index (χ1v) is 5.67. The minimum atomic E-state index is -4.13. The van der Waals surface area contributed by atoms with Crippen molar-refractivity contribution in [1.82, 2.24) is 0 Å². The van der Waals surface area contributed by atoms with E-state index in [-0.39, 0.29) is 6.61 Å². The van der Waals surface area contributed by atoms with Crippen molar-refractivity contribution in [3.05, 3.63) is 35.9 Å². The second-order valence-electron chi connectivity index (χ2n) is 3.49. The molecule has 0 saturated heterocycles. The van der Waals surface area contributed by atoms with Crippen molar-refractivity contribution in [2.45, 2.75) is 12.0 Å². The Morgan fingerprint density at radius 2 is 1.90 bits per heavy atom. The molecule has 0 N–H and O–H groups in total. The Kier molecular flexibility index (Phi) is 5.57. The largest absolute Gasteiger partial charge is 0.464 e. The number of carbonyl (C=O) groups excluding carboxylic acids is 2. The van der Waals surface area contributed by atoms with Crippen molar-refractivity contribution in [2.24, 2.45) is 4.99 Å². The monoisotopic (exact) mass is 305 g/mol. The zero-order valence-electron chi connectivity index (χ0n) is 10.3. The first-order chi connectivity index (χ1) is 9.34. The lowest BCUT2D eigenvalue weighted by atomic mass is 10.2. The molecular formula is C12H10ClF2NO4. The summed E-state index contributed by atoms with van der Waals surface area (Å²) in [7, 11) is 0.857. The number of nitrogens with zero attached hydrogens (tertiary/aromatic N) is 1. The lowest BCUT2D eigenvalue weighted by Crippen LogP contribution is -2.32. The van der Waals surface area contributed by atoms with Gasteiger partial charge in [0.15, 0.2) is 0 Å². The number of halogens is 3. The zero-order valence-corrected chi connectivity index (χ0v) is 11.1. The molecule has 0 saturated carbocycles. The van der Waals surface area contributed by atoms with Crippen LogP contribution in [0.5, 0.6) is 0 Å². The maximum atomic E-state index is 12.9. The van der Waals surface area contributed by atoms with E-state index in [0.29, 0.717) is 5.56 Å². The van der Waals surface area contributed by atoms with Crippen LogP contribution in [0.15, 0.2) is 35.3 Å². The van der Waals surface area contributed by atoms with Crippen LogP contribution in [-0.4, -0.2) is 30.3 Å². The topological polar surface area (TPSA) is 65.0 Å². The van der Waals surface area contributed by atoms with Crippen molar-refractivity contribution in [3.63, 3.8) is 0 Å². The molecule has 20 heavy (non-hydrogen) atoms. The van der Waals surface area contributed by atoms with Crippen LogP contribution in [0.2, 0.25) is 0 Å². The van der Waals surface area contributed by atoms with E-state index in [1.807, 2.05) is 0 Å². The van der Waals surface area contributed by atoms with Crippen LogP contribution in [0.4, 0.5) is 13.6 Å². The number of hydrogen-bond acceptors (Lipinski definition) is 4. The van der Waals surface area contributed by atoms with Crippen molar-refractivity contribution in [1.29, 1.82) is 0 Å². The summed E-state index contributed by atoms with van der Waals surface area (Å²) < 4.78 is 34.4. The van der Waals surface area contributed by atoms with Crippen molar-refractivity contribution >= 4 is 29.4 Å². The predicted molar refractivity (Wildman–Crippen MR) is 66.9 cm³/mol. The number of methoxy groups -OCH3 is 1. The highest BCUT2D eigenvalue weighted by atomic mass is 35.5. The lowest BCUT2D eigenvalue weighted by Gasteiger charge is -2.09. The molecule has 0 unspecified atom stereocenters. The summed E-state index contributed by atoms with van der Waals surface area (Å²) in [6, 6.07) is 8.49. The van der Waals surface area contributed by atoms with Crippen LogP contribution < -0.4 is 0 Å². The van der Waals surface area contributed by atoms with E-state index in [4.69, 9.17) is 0 Å². The maximum Gasteiger partial charge on any atom is 0.434 e. The van der Waals surface area contributed by atoms with Gasteiger partial charge in [0.2, 0.25) is 5.71 Å². The molecule has 0 fully saturated rings. The molecule has 0 radical (unpaired) electrons. The van der Waals surface area contributed by atoms with Crippen LogP contribution in [0.1, 0.15) is 5.56 Å². The summed E-state index contributed by atoms with van der Waals surface area (Å²) in [5, 5.41) is -4.13. The minimum Gasteiger partial charge on any atom is -0.464 e. The molecule has 5 nitrogen and oxygen atoms in total. The van der Waals surface area contributed by atoms with Gasteiger partial charge in [0.05, 0.1) is 7.11 Å². The smallest absolute Gasteiger partial charge is 0.434 e. The highest BCUT2D eigenvalue weighted by molar-refractivity contribution is 6.51. The van der Waals surface area contributed by atoms with Gasteiger partial charge >= 0.3 is 17.4 Å². The third-order valence-corrected chi connectivity index (χ3v) is 2.23. The maximum absolute atomic E-state index is 12.9. The summed E-state index contributed by atoms with van der Waals surface area (Å²) in [5.41, 5.74) is -0.895. The third kappa shape index (κ3) is 4.93. The second kappa shape index (κ2) is 6.95. The first kappa shape index (κ1) is 16.0. The molecule has 0 aliphatic heterocycles. The Labute approximate surface area is 118 Å². The Bertz CT molecular complexity index is 514. The van der Waals surface area contributed by atoms with Gasteiger partial charge in [-0.1, -0.05) is 30.3 Å². The fourth-order valence-corrected chi connectivity index (χ4v) is 1.28. The van der Waals surface area contributed by atoms with Crippen LogP contribution in [0.25, 0.3) is 0 Å². The van der Waals surface area contributed by atoms with Gasteiger partial charge in [-0.25, -0.2) is 9.59 Å². The number of ether oxygens (including phenoxy) is 2. The van der Waals surface area contributed by atoms with E-state index in [1.165, 1.54) is 0 Å². The van der Waals surface area contributed by atoms with Crippen molar-refractivity contribution in [2.75, 3.05) is 7.11 Å². The molecule has 0 spiro atoms. The Hall–Kier alpha value is -2.02. The predicted octanol–water partition coefficient (Wildman–Crippen LogP) is 2.77. The lowest BCUT2D eigenvalue weighted by molar-refractivity contribution is -0.133. The highest BCUT2D eigenvalue weighted by Gasteiger charge is 2.40. The van der Waals surface area contributed by atoms with Crippen molar-refractivity contribution < 1.29 is 27.8 Å². The summed E-state index contributed by atoms with van der Waals surface area (Å²) in [5.74, 6) is -1.51. The van der Waals surface area contributed by atoms with Crippen molar-refractivity contribution in [3.8, 4) is 0 Å². The molecular weight excluding hydrogens is 296 g/mol. The highest BCUT2D eigenvalue weighted by Crippen LogP contribution is 2.22. The molecule has 1 amide bonds. The van der Waals surface area contributed by atoms with Crippen LogP contribution >= 0.6 is 11.6 Å². The third-order valence-electron chi connectivity index (χ3n) is 2.06. The van der Waals surface area contributed by atoms with Gasteiger partial charge in [-0.05, 0) is 17.2 Å². The second-order valence-corrected chi connectivity index (χ2v) is 3.96. The molecule has 8 heteroatoms. The van der Waals surface area contributed by atoms with E-state index in [2.05, 4.69) is 26.1 Å².